The second-order valence-corrected chi connectivity index (χ2v) is 7.81. The van der Waals surface area contributed by atoms with Crippen molar-refractivity contribution in [2.75, 3.05) is 40.3 Å². The van der Waals surface area contributed by atoms with Crippen molar-refractivity contribution in [3.05, 3.63) is 11.6 Å². The molecule has 2 saturated heterocycles. The van der Waals surface area contributed by atoms with Gasteiger partial charge in [-0.05, 0) is 59.0 Å². The van der Waals surface area contributed by atoms with E-state index in [0.29, 0.717) is 24.3 Å². The molecule has 2 aliphatic rings. The van der Waals surface area contributed by atoms with Gasteiger partial charge in [-0.1, -0.05) is 13.0 Å². The van der Waals surface area contributed by atoms with Crippen molar-refractivity contribution >= 4 is 11.8 Å². The minimum absolute atomic E-state index is 0.164. The smallest absolute Gasteiger partial charge is 0.249 e. The number of rotatable bonds is 5. The standard InChI is InChI=1S/C20H35N3O2/c1-5-6-16(2)20(25)23-11-7-17(8-12-23)15-19(24)22-13-9-18(10-14-22)21(3)4/h6,17-18H,5,7-15H2,1-4H3. The maximum absolute atomic E-state index is 12.6. The van der Waals surface area contributed by atoms with E-state index < -0.39 is 0 Å². The fourth-order valence-corrected chi connectivity index (χ4v) is 3.99. The third-order valence-electron chi connectivity index (χ3n) is 5.76. The Kier molecular flexibility index (Phi) is 7.48. The summed E-state index contributed by atoms with van der Waals surface area (Å²) in [5.41, 5.74) is 0.848. The fraction of sp³-hybridized carbons (Fsp3) is 0.800. The average Bonchev–Trinajstić information content (AvgIpc) is 2.62. The van der Waals surface area contributed by atoms with Crippen molar-refractivity contribution in [2.24, 2.45) is 5.92 Å². The molecule has 2 heterocycles. The summed E-state index contributed by atoms with van der Waals surface area (Å²) in [7, 11) is 4.24. The van der Waals surface area contributed by atoms with Gasteiger partial charge in [0.25, 0.3) is 0 Å². The van der Waals surface area contributed by atoms with Gasteiger partial charge in [-0.15, -0.1) is 0 Å². The second kappa shape index (κ2) is 9.37. The Hall–Kier alpha value is -1.36. The number of hydrogen-bond donors (Lipinski definition) is 0. The molecule has 0 unspecified atom stereocenters. The van der Waals surface area contributed by atoms with E-state index in [1.54, 1.807) is 0 Å². The maximum Gasteiger partial charge on any atom is 0.249 e. The van der Waals surface area contributed by atoms with E-state index in [-0.39, 0.29) is 5.91 Å². The highest BCUT2D eigenvalue weighted by atomic mass is 16.2. The molecule has 0 aliphatic carbocycles. The number of nitrogens with zero attached hydrogens (tertiary/aromatic N) is 3. The van der Waals surface area contributed by atoms with Crippen LogP contribution in [0.3, 0.4) is 0 Å². The maximum atomic E-state index is 12.6. The van der Waals surface area contributed by atoms with Gasteiger partial charge in [0.05, 0.1) is 0 Å². The van der Waals surface area contributed by atoms with Gasteiger partial charge in [-0.25, -0.2) is 0 Å². The molecule has 0 radical (unpaired) electrons. The lowest BCUT2D eigenvalue weighted by Crippen LogP contribution is -2.45. The van der Waals surface area contributed by atoms with Crippen molar-refractivity contribution in [1.29, 1.82) is 0 Å². The number of hydrogen-bond acceptors (Lipinski definition) is 3. The number of allylic oxidation sites excluding steroid dienone is 1. The summed E-state index contributed by atoms with van der Waals surface area (Å²) in [6.07, 6.45) is 7.60. The highest BCUT2D eigenvalue weighted by Gasteiger charge is 2.28. The van der Waals surface area contributed by atoms with Crippen LogP contribution in [0, 0.1) is 5.92 Å². The third kappa shape index (κ3) is 5.56. The summed E-state index contributed by atoms with van der Waals surface area (Å²) in [6, 6.07) is 0.609. The lowest BCUT2D eigenvalue weighted by molar-refractivity contribution is -0.134. The zero-order valence-electron chi connectivity index (χ0n) is 16.5. The van der Waals surface area contributed by atoms with Crippen LogP contribution in [-0.2, 0) is 9.59 Å². The topological polar surface area (TPSA) is 43.9 Å². The SMILES string of the molecule is CCC=C(C)C(=O)N1CCC(CC(=O)N2CCC(N(C)C)CC2)CC1. The van der Waals surface area contributed by atoms with Crippen LogP contribution >= 0.6 is 0 Å². The summed E-state index contributed by atoms with van der Waals surface area (Å²) >= 11 is 0. The number of carbonyl (C=O) groups is 2. The molecule has 25 heavy (non-hydrogen) atoms. The summed E-state index contributed by atoms with van der Waals surface area (Å²) in [6.45, 7) is 7.30. The molecule has 0 atom stereocenters. The van der Waals surface area contributed by atoms with Crippen LogP contribution in [0.4, 0.5) is 0 Å². The highest BCUT2D eigenvalue weighted by molar-refractivity contribution is 5.92. The Labute approximate surface area is 153 Å². The molecule has 5 heteroatoms. The summed E-state index contributed by atoms with van der Waals surface area (Å²) < 4.78 is 0. The Balaban J connectivity index is 1.74. The summed E-state index contributed by atoms with van der Waals surface area (Å²) in [4.78, 5) is 31.2. The van der Waals surface area contributed by atoms with E-state index in [1.165, 1.54) is 0 Å². The van der Waals surface area contributed by atoms with Gasteiger partial charge in [0.15, 0.2) is 0 Å². The highest BCUT2D eigenvalue weighted by Crippen LogP contribution is 2.24. The van der Waals surface area contributed by atoms with Gasteiger partial charge < -0.3 is 14.7 Å². The Morgan fingerprint density at radius 1 is 1.00 bits per heavy atom. The first-order chi connectivity index (χ1) is 11.9. The van der Waals surface area contributed by atoms with Gasteiger partial charge in [0, 0.05) is 44.2 Å². The molecule has 2 rings (SSSR count). The number of likely N-dealkylation sites (tertiary alicyclic amines) is 2. The second-order valence-electron chi connectivity index (χ2n) is 7.81. The average molecular weight is 350 g/mol. The first kappa shape index (κ1) is 20.0. The number of carbonyl (C=O) groups excluding carboxylic acids is 2. The molecule has 2 fully saturated rings. The molecule has 0 bridgehead atoms. The molecular weight excluding hydrogens is 314 g/mol. The minimum Gasteiger partial charge on any atom is -0.343 e. The van der Waals surface area contributed by atoms with E-state index in [0.717, 1.165) is 63.9 Å². The third-order valence-corrected chi connectivity index (χ3v) is 5.76. The normalized spacial score (nSPS) is 21.1. The molecule has 0 spiro atoms. The van der Waals surface area contributed by atoms with Crippen molar-refractivity contribution in [1.82, 2.24) is 14.7 Å². The summed E-state index contributed by atoms with van der Waals surface area (Å²) in [5.74, 6) is 0.903. The quantitative estimate of drug-likeness (QED) is 0.717. The molecule has 0 aromatic heterocycles. The van der Waals surface area contributed by atoms with E-state index >= 15 is 0 Å². The lowest BCUT2D eigenvalue weighted by Gasteiger charge is -2.37. The molecule has 2 aliphatic heterocycles. The van der Waals surface area contributed by atoms with Gasteiger partial charge in [0.1, 0.15) is 0 Å². The molecule has 0 N–H and O–H groups in total. The van der Waals surface area contributed by atoms with Crippen molar-refractivity contribution in [3.8, 4) is 0 Å². The van der Waals surface area contributed by atoms with Gasteiger partial charge >= 0.3 is 0 Å². The Morgan fingerprint density at radius 2 is 1.56 bits per heavy atom. The molecule has 0 aromatic rings. The molecule has 0 aromatic carbocycles. The number of piperidine rings is 2. The predicted octanol–water partition coefficient (Wildman–Crippen LogP) is 2.52. The molecule has 0 saturated carbocycles. The van der Waals surface area contributed by atoms with Crippen molar-refractivity contribution < 1.29 is 9.59 Å². The monoisotopic (exact) mass is 349 g/mol. The van der Waals surface area contributed by atoms with Crippen LogP contribution in [0.25, 0.3) is 0 Å². The Bertz CT molecular complexity index is 485. The summed E-state index contributed by atoms with van der Waals surface area (Å²) in [5, 5.41) is 0. The van der Waals surface area contributed by atoms with Crippen LogP contribution in [0.1, 0.15) is 52.4 Å². The first-order valence-corrected chi connectivity index (χ1v) is 9.82. The van der Waals surface area contributed by atoms with Crippen LogP contribution in [0.2, 0.25) is 0 Å². The molecule has 5 nitrogen and oxygen atoms in total. The fourth-order valence-electron chi connectivity index (χ4n) is 3.99. The van der Waals surface area contributed by atoms with Crippen LogP contribution < -0.4 is 0 Å². The van der Waals surface area contributed by atoms with E-state index in [1.807, 2.05) is 22.8 Å². The largest absolute Gasteiger partial charge is 0.343 e. The van der Waals surface area contributed by atoms with Crippen LogP contribution in [0.5, 0.6) is 0 Å². The van der Waals surface area contributed by atoms with Crippen molar-refractivity contribution in [2.45, 2.75) is 58.4 Å². The molecule has 2 amide bonds. The van der Waals surface area contributed by atoms with E-state index in [9.17, 15) is 9.59 Å². The van der Waals surface area contributed by atoms with Crippen LogP contribution in [0.15, 0.2) is 11.6 Å². The van der Waals surface area contributed by atoms with Crippen LogP contribution in [-0.4, -0.2) is 72.8 Å². The first-order valence-electron chi connectivity index (χ1n) is 9.82. The van der Waals surface area contributed by atoms with E-state index in [2.05, 4.69) is 25.9 Å². The van der Waals surface area contributed by atoms with Gasteiger partial charge in [0.2, 0.25) is 11.8 Å². The predicted molar refractivity (Wildman–Crippen MR) is 101 cm³/mol. The Morgan fingerprint density at radius 3 is 2.08 bits per heavy atom. The zero-order chi connectivity index (χ0) is 18.4. The molecular formula is C20H35N3O2. The van der Waals surface area contributed by atoms with Gasteiger partial charge in [-0.2, -0.15) is 0 Å². The lowest BCUT2D eigenvalue weighted by atomic mass is 9.92. The zero-order valence-corrected chi connectivity index (χ0v) is 16.5. The van der Waals surface area contributed by atoms with Gasteiger partial charge in [-0.3, -0.25) is 9.59 Å². The van der Waals surface area contributed by atoms with Crippen molar-refractivity contribution in [3.63, 3.8) is 0 Å². The van der Waals surface area contributed by atoms with E-state index in [4.69, 9.17) is 0 Å². The molecule has 142 valence electrons. The number of amides is 2. The minimum atomic E-state index is 0.164.